The zero-order chi connectivity index (χ0) is 17.8. The predicted molar refractivity (Wildman–Crippen MR) is 97.7 cm³/mol. The van der Waals surface area contributed by atoms with Gasteiger partial charge in [-0.15, -0.1) is 0 Å². The van der Waals surface area contributed by atoms with Crippen molar-refractivity contribution in [2.75, 3.05) is 13.2 Å². The summed E-state index contributed by atoms with van der Waals surface area (Å²) < 4.78 is 16.1. The molecule has 25 heavy (non-hydrogen) atoms. The molecule has 2 aromatic carbocycles. The minimum Gasteiger partial charge on any atom is -0.486 e. The molecule has 0 fully saturated rings. The number of carbonyl (C=O) groups is 1. The Morgan fingerprint density at radius 3 is 2.64 bits per heavy atom. The maximum Gasteiger partial charge on any atom is 0.331 e. The lowest BCUT2D eigenvalue weighted by atomic mass is 10.2. The second kappa shape index (κ2) is 8.00. The molecular formula is C18H13Cl3O4. The van der Waals surface area contributed by atoms with E-state index in [2.05, 4.69) is 0 Å². The second-order valence-corrected chi connectivity index (χ2v) is 6.44. The number of benzene rings is 2. The van der Waals surface area contributed by atoms with Crippen LogP contribution in [0, 0.1) is 0 Å². The molecule has 0 saturated carbocycles. The highest BCUT2D eigenvalue weighted by atomic mass is 35.5. The number of hydrogen-bond donors (Lipinski definition) is 0. The maximum atomic E-state index is 11.9. The molecule has 0 aliphatic carbocycles. The Morgan fingerprint density at radius 2 is 1.84 bits per heavy atom. The van der Waals surface area contributed by atoms with E-state index >= 15 is 0 Å². The van der Waals surface area contributed by atoms with E-state index in [0.29, 0.717) is 45.3 Å². The lowest BCUT2D eigenvalue weighted by molar-refractivity contribution is -0.138. The monoisotopic (exact) mass is 398 g/mol. The zero-order valence-corrected chi connectivity index (χ0v) is 15.2. The summed E-state index contributed by atoms with van der Waals surface area (Å²) >= 11 is 17.9. The van der Waals surface area contributed by atoms with Crippen molar-refractivity contribution in [1.82, 2.24) is 0 Å². The van der Waals surface area contributed by atoms with Gasteiger partial charge in [-0.3, -0.25) is 0 Å². The van der Waals surface area contributed by atoms with E-state index in [-0.39, 0.29) is 6.61 Å². The molecule has 1 aliphatic rings. The van der Waals surface area contributed by atoms with Gasteiger partial charge in [0.25, 0.3) is 0 Å². The third kappa shape index (κ3) is 4.60. The van der Waals surface area contributed by atoms with E-state index in [4.69, 9.17) is 49.0 Å². The molecule has 0 unspecified atom stereocenters. The van der Waals surface area contributed by atoms with Gasteiger partial charge in [0.15, 0.2) is 11.5 Å². The van der Waals surface area contributed by atoms with Crippen LogP contribution >= 0.6 is 34.8 Å². The molecule has 4 nitrogen and oxygen atoms in total. The van der Waals surface area contributed by atoms with Gasteiger partial charge in [0.1, 0.15) is 19.8 Å². The first kappa shape index (κ1) is 17.9. The van der Waals surface area contributed by atoms with Crippen LogP contribution in [0.25, 0.3) is 6.08 Å². The normalized spacial score (nSPS) is 13.1. The van der Waals surface area contributed by atoms with E-state index in [9.17, 15) is 4.79 Å². The zero-order valence-electron chi connectivity index (χ0n) is 12.9. The number of halogens is 3. The van der Waals surface area contributed by atoms with Crippen LogP contribution in [-0.4, -0.2) is 19.2 Å². The van der Waals surface area contributed by atoms with Crippen molar-refractivity contribution in [2.45, 2.75) is 6.61 Å². The summed E-state index contributed by atoms with van der Waals surface area (Å²) in [6, 6.07) is 8.50. The fourth-order valence-electron chi connectivity index (χ4n) is 2.23. The van der Waals surface area contributed by atoms with Crippen molar-refractivity contribution in [3.63, 3.8) is 0 Å². The van der Waals surface area contributed by atoms with Crippen LogP contribution in [0.3, 0.4) is 0 Å². The smallest absolute Gasteiger partial charge is 0.331 e. The minimum atomic E-state index is -0.489. The molecule has 0 spiro atoms. The summed E-state index contributed by atoms with van der Waals surface area (Å²) in [5, 5.41) is 1.30. The number of ether oxygens (including phenoxy) is 3. The van der Waals surface area contributed by atoms with Gasteiger partial charge < -0.3 is 14.2 Å². The van der Waals surface area contributed by atoms with Crippen molar-refractivity contribution < 1.29 is 19.0 Å². The lowest BCUT2D eigenvalue weighted by Gasteiger charge is -2.20. The van der Waals surface area contributed by atoms with Gasteiger partial charge in [0, 0.05) is 6.08 Å². The summed E-state index contributed by atoms with van der Waals surface area (Å²) in [6.45, 7) is 0.987. The second-order valence-electron chi connectivity index (χ2n) is 5.22. The van der Waals surface area contributed by atoms with Gasteiger partial charge in [0.05, 0.1) is 15.1 Å². The Bertz CT molecular complexity index is 833. The lowest BCUT2D eigenvalue weighted by Crippen LogP contribution is -2.16. The van der Waals surface area contributed by atoms with Gasteiger partial charge in [-0.1, -0.05) is 40.9 Å². The predicted octanol–water partition coefficient (Wildman–Crippen LogP) is 5.17. The first-order chi connectivity index (χ1) is 12.0. The fraction of sp³-hybridized carbons (Fsp3) is 0.167. The molecule has 0 saturated heterocycles. The first-order valence-corrected chi connectivity index (χ1v) is 8.54. The summed E-state index contributed by atoms with van der Waals surface area (Å²) in [7, 11) is 0. The maximum absolute atomic E-state index is 11.9. The molecule has 0 amide bonds. The van der Waals surface area contributed by atoms with Gasteiger partial charge >= 0.3 is 5.97 Å². The molecule has 0 aromatic heterocycles. The van der Waals surface area contributed by atoms with Gasteiger partial charge in [0.2, 0.25) is 0 Å². The molecule has 3 rings (SSSR count). The molecule has 0 radical (unpaired) electrons. The Hall–Kier alpha value is -1.88. The largest absolute Gasteiger partial charge is 0.486 e. The van der Waals surface area contributed by atoms with Crippen LogP contribution in [-0.2, 0) is 16.1 Å². The summed E-state index contributed by atoms with van der Waals surface area (Å²) in [6.07, 6.45) is 2.92. The van der Waals surface area contributed by atoms with E-state index in [1.54, 1.807) is 36.4 Å². The van der Waals surface area contributed by atoms with Crippen LogP contribution in [0.15, 0.2) is 36.4 Å². The summed E-state index contributed by atoms with van der Waals surface area (Å²) in [4.78, 5) is 11.9. The van der Waals surface area contributed by atoms with Crippen LogP contribution in [0.1, 0.15) is 11.1 Å². The van der Waals surface area contributed by atoms with Crippen LogP contribution in [0.2, 0.25) is 15.1 Å². The first-order valence-electron chi connectivity index (χ1n) is 7.41. The third-order valence-corrected chi connectivity index (χ3v) is 4.41. The van der Waals surface area contributed by atoms with E-state index in [1.807, 2.05) is 0 Å². The summed E-state index contributed by atoms with van der Waals surface area (Å²) in [5.41, 5.74) is 1.46. The topological polar surface area (TPSA) is 44.8 Å². The molecule has 7 heteroatoms. The average Bonchev–Trinajstić information content (AvgIpc) is 2.61. The molecule has 0 bridgehead atoms. The van der Waals surface area contributed by atoms with Crippen molar-refractivity contribution in [3.8, 4) is 11.5 Å². The number of rotatable bonds is 4. The Balaban J connectivity index is 1.61. The highest BCUT2D eigenvalue weighted by Crippen LogP contribution is 2.38. The van der Waals surface area contributed by atoms with Crippen LogP contribution in [0.5, 0.6) is 11.5 Å². The fourth-order valence-corrected chi connectivity index (χ4v) is 2.82. The molecular weight excluding hydrogens is 387 g/mol. The third-order valence-electron chi connectivity index (χ3n) is 3.39. The highest BCUT2D eigenvalue weighted by Gasteiger charge is 2.17. The number of carbonyl (C=O) groups excluding carboxylic acids is 1. The molecule has 2 aromatic rings. The van der Waals surface area contributed by atoms with E-state index in [0.717, 1.165) is 5.56 Å². The molecule has 130 valence electrons. The highest BCUT2D eigenvalue weighted by molar-refractivity contribution is 6.42. The Morgan fingerprint density at radius 1 is 1.04 bits per heavy atom. The van der Waals surface area contributed by atoms with Crippen molar-refractivity contribution in [3.05, 3.63) is 62.6 Å². The summed E-state index contributed by atoms with van der Waals surface area (Å²) in [5.74, 6) is 0.579. The molecule has 1 aliphatic heterocycles. The van der Waals surface area contributed by atoms with E-state index in [1.165, 1.54) is 6.08 Å². The number of fused-ring (bicyclic) bond motifs is 1. The number of esters is 1. The van der Waals surface area contributed by atoms with Crippen molar-refractivity contribution in [2.24, 2.45) is 0 Å². The Kier molecular flexibility index (Phi) is 5.74. The standard InChI is InChI=1S/C18H13Cl3O4/c19-13-3-1-11(7-14(13)20)2-4-17(22)25-10-12-8-15(21)18-16(9-12)23-5-6-24-18/h1-4,7-9H,5-6,10H2/b4-2+. The quantitative estimate of drug-likeness (QED) is 0.525. The molecule has 1 heterocycles. The van der Waals surface area contributed by atoms with Gasteiger partial charge in [-0.05, 0) is 41.5 Å². The van der Waals surface area contributed by atoms with E-state index < -0.39 is 5.97 Å². The van der Waals surface area contributed by atoms with Crippen LogP contribution in [0.4, 0.5) is 0 Å². The van der Waals surface area contributed by atoms with Crippen LogP contribution < -0.4 is 9.47 Å². The Labute approximate surface area is 159 Å². The average molecular weight is 400 g/mol. The van der Waals surface area contributed by atoms with Crippen molar-refractivity contribution in [1.29, 1.82) is 0 Å². The molecule has 0 atom stereocenters. The number of hydrogen-bond acceptors (Lipinski definition) is 4. The van der Waals surface area contributed by atoms with Crippen molar-refractivity contribution >= 4 is 46.8 Å². The molecule has 0 N–H and O–H groups in total. The SMILES string of the molecule is O=C(/C=C/c1ccc(Cl)c(Cl)c1)OCc1cc(Cl)c2c(c1)OCCO2. The minimum absolute atomic E-state index is 0.0703. The van der Waals surface area contributed by atoms with Gasteiger partial charge in [-0.25, -0.2) is 4.79 Å². The van der Waals surface area contributed by atoms with Gasteiger partial charge in [-0.2, -0.15) is 0 Å².